The smallest absolute Gasteiger partial charge is 0.119 e. The molecule has 4 heteroatoms. The summed E-state index contributed by atoms with van der Waals surface area (Å²) < 4.78 is 6.08. The van der Waals surface area contributed by atoms with Crippen LogP contribution in [0.4, 0.5) is 5.69 Å². The van der Waals surface area contributed by atoms with Crippen LogP contribution in [0.5, 0.6) is 5.75 Å². The van der Waals surface area contributed by atoms with Gasteiger partial charge in [0.2, 0.25) is 0 Å². The van der Waals surface area contributed by atoms with E-state index in [1.807, 2.05) is 54.6 Å². The summed E-state index contributed by atoms with van der Waals surface area (Å²) in [5, 5.41) is 11.2. The van der Waals surface area contributed by atoms with Crippen LogP contribution in [0.2, 0.25) is 0 Å². The molecule has 4 nitrogen and oxygen atoms in total. The van der Waals surface area contributed by atoms with Gasteiger partial charge in [0.1, 0.15) is 12.4 Å². The van der Waals surface area contributed by atoms with Gasteiger partial charge in [0.05, 0.1) is 12.1 Å². The monoisotopic (exact) mass is 416 g/mol. The standard InChI is InChI=1S/C27H32N2O2/c28-24-13-11-23(12-14-24)27(30)26(20-31-25-9-5-2-6-10-25)29-17-15-22(16-18-29)19-21-7-3-1-4-8-21/h1-14,22,26-27,30H,15-20,28H2. The lowest BCUT2D eigenvalue weighted by Gasteiger charge is -2.39. The average Bonchev–Trinajstić information content (AvgIpc) is 2.82. The molecule has 4 rings (SSSR count). The minimum absolute atomic E-state index is 0.110. The zero-order valence-corrected chi connectivity index (χ0v) is 17.9. The molecule has 0 saturated carbocycles. The predicted molar refractivity (Wildman–Crippen MR) is 126 cm³/mol. The molecule has 1 aliphatic heterocycles. The van der Waals surface area contributed by atoms with Gasteiger partial charge >= 0.3 is 0 Å². The van der Waals surface area contributed by atoms with Gasteiger partial charge in [-0.2, -0.15) is 0 Å². The van der Waals surface area contributed by atoms with Crippen LogP contribution in [0.25, 0.3) is 0 Å². The largest absolute Gasteiger partial charge is 0.492 e. The summed E-state index contributed by atoms with van der Waals surface area (Å²) in [5.74, 6) is 1.51. The number of piperidine rings is 1. The number of ether oxygens (including phenoxy) is 1. The van der Waals surface area contributed by atoms with E-state index in [1.165, 1.54) is 5.56 Å². The van der Waals surface area contributed by atoms with E-state index >= 15 is 0 Å². The van der Waals surface area contributed by atoms with E-state index in [0.29, 0.717) is 18.2 Å². The second-order valence-electron chi connectivity index (χ2n) is 8.47. The Balaban J connectivity index is 1.42. The molecule has 3 aromatic carbocycles. The molecule has 0 bridgehead atoms. The minimum Gasteiger partial charge on any atom is -0.492 e. The molecule has 0 amide bonds. The normalized spacial score (nSPS) is 17.2. The van der Waals surface area contributed by atoms with Crippen LogP contribution in [-0.4, -0.2) is 35.7 Å². The van der Waals surface area contributed by atoms with Crippen molar-refractivity contribution in [1.82, 2.24) is 4.90 Å². The van der Waals surface area contributed by atoms with Gasteiger partial charge < -0.3 is 15.6 Å². The van der Waals surface area contributed by atoms with Crippen LogP contribution >= 0.6 is 0 Å². The molecule has 3 aromatic rings. The van der Waals surface area contributed by atoms with Crippen molar-refractivity contribution in [2.75, 3.05) is 25.4 Å². The molecule has 0 spiro atoms. The summed E-state index contributed by atoms with van der Waals surface area (Å²) in [6, 6.07) is 28.0. The molecule has 1 fully saturated rings. The summed E-state index contributed by atoms with van der Waals surface area (Å²) in [7, 11) is 0. The van der Waals surface area contributed by atoms with E-state index in [4.69, 9.17) is 10.5 Å². The highest BCUT2D eigenvalue weighted by atomic mass is 16.5. The number of rotatable bonds is 8. The summed E-state index contributed by atoms with van der Waals surface area (Å²) in [4.78, 5) is 2.39. The average molecular weight is 417 g/mol. The van der Waals surface area contributed by atoms with Crippen molar-refractivity contribution in [2.24, 2.45) is 5.92 Å². The van der Waals surface area contributed by atoms with Crippen LogP contribution in [0.3, 0.4) is 0 Å². The molecule has 3 N–H and O–H groups in total. The number of hydrogen-bond donors (Lipinski definition) is 2. The number of likely N-dealkylation sites (tertiary alicyclic amines) is 1. The Morgan fingerprint density at radius 2 is 1.48 bits per heavy atom. The van der Waals surface area contributed by atoms with Crippen molar-refractivity contribution in [1.29, 1.82) is 0 Å². The zero-order chi connectivity index (χ0) is 21.5. The molecule has 1 heterocycles. The molecular formula is C27H32N2O2. The summed E-state index contributed by atoms with van der Waals surface area (Å²) in [6.07, 6.45) is 2.76. The van der Waals surface area contributed by atoms with Crippen LogP contribution in [0, 0.1) is 5.92 Å². The fourth-order valence-electron chi connectivity index (χ4n) is 4.45. The quantitative estimate of drug-likeness (QED) is 0.523. The Labute approximate surface area is 185 Å². The van der Waals surface area contributed by atoms with Crippen molar-refractivity contribution in [3.8, 4) is 5.75 Å². The SMILES string of the molecule is Nc1ccc(C(O)C(COc2ccccc2)N2CCC(Cc3ccccc3)CC2)cc1. The maximum atomic E-state index is 11.2. The predicted octanol–water partition coefficient (Wildman–Crippen LogP) is 4.70. The Hall–Kier alpha value is -2.82. The van der Waals surface area contributed by atoms with E-state index in [9.17, 15) is 5.11 Å². The lowest BCUT2D eigenvalue weighted by atomic mass is 9.88. The molecular weight excluding hydrogens is 384 g/mol. The van der Waals surface area contributed by atoms with E-state index in [0.717, 1.165) is 43.7 Å². The Morgan fingerprint density at radius 3 is 2.13 bits per heavy atom. The number of nitrogen functional groups attached to an aromatic ring is 1. The van der Waals surface area contributed by atoms with E-state index in [-0.39, 0.29) is 6.04 Å². The molecule has 31 heavy (non-hydrogen) atoms. The Bertz CT molecular complexity index is 907. The van der Waals surface area contributed by atoms with E-state index in [2.05, 4.69) is 35.2 Å². The summed E-state index contributed by atoms with van der Waals surface area (Å²) in [6.45, 7) is 2.37. The van der Waals surface area contributed by atoms with Crippen molar-refractivity contribution in [2.45, 2.75) is 31.4 Å². The molecule has 0 aromatic heterocycles. The van der Waals surface area contributed by atoms with E-state index < -0.39 is 6.10 Å². The second kappa shape index (κ2) is 10.5. The lowest BCUT2D eigenvalue weighted by molar-refractivity contribution is 0.00417. The summed E-state index contributed by atoms with van der Waals surface area (Å²) in [5.41, 5.74) is 8.83. The maximum Gasteiger partial charge on any atom is 0.119 e. The van der Waals surface area contributed by atoms with E-state index in [1.54, 1.807) is 0 Å². The van der Waals surface area contributed by atoms with Gasteiger partial charge in [0, 0.05) is 5.69 Å². The van der Waals surface area contributed by atoms with Crippen LogP contribution in [0.15, 0.2) is 84.9 Å². The zero-order valence-electron chi connectivity index (χ0n) is 17.9. The number of nitrogens with zero attached hydrogens (tertiary/aromatic N) is 1. The second-order valence-corrected chi connectivity index (χ2v) is 8.47. The summed E-state index contributed by atoms with van der Waals surface area (Å²) >= 11 is 0. The number of anilines is 1. The number of hydrogen-bond acceptors (Lipinski definition) is 4. The number of aliphatic hydroxyl groups excluding tert-OH is 1. The highest BCUT2D eigenvalue weighted by Gasteiger charge is 2.31. The number of nitrogens with two attached hydrogens (primary N) is 1. The topological polar surface area (TPSA) is 58.7 Å². The third kappa shape index (κ3) is 5.87. The van der Waals surface area contributed by atoms with Crippen molar-refractivity contribution < 1.29 is 9.84 Å². The molecule has 1 saturated heterocycles. The third-order valence-corrected chi connectivity index (χ3v) is 6.29. The molecule has 0 radical (unpaired) electrons. The molecule has 162 valence electrons. The highest BCUT2D eigenvalue weighted by molar-refractivity contribution is 5.40. The van der Waals surface area contributed by atoms with Crippen molar-refractivity contribution in [3.05, 3.63) is 96.1 Å². The first-order valence-corrected chi connectivity index (χ1v) is 11.2. The number of para-hydroxylation sites is 1. The first-order chi connectivity index (χ1) is 15.2. The van der Waals surface area contributed by atoms with Crippen LogP contribution in [-0.2, 0) is 6.42 Å². The first-order valence-electron chi connectivity index (χ1n) is 11.2. The maximum absolute atomic E-state index is 11.2. The third-order valence-electron chi connectivity index (χ3n) is 6.29. The van der Waals surface area contributed by atoms with Crippen LogP contribution in [0.1, 0.15) is 30.1 Å². The van der Waals surface area contributed by atoms with Crippen molar-refractivity contribution in [3.63, 3.8) is 0 Å². The Kier molecular flexibility index (Phi) is 7.23. The van der Waals surface area contributed by atoms with Gasteiger partial charge in [-0.3, -0.25) is 4.90 Å². The van der Waals surface area contributed by atoms with Gasteiger partial charge in [-0.1, -0.05) is 60.7 Å². The minimum atomic E-state index is -0.630. The molecule has 2 unspecified atom stereocenters. The van der Waals surface area contributed by atoms with Gasteiger partial charge in [-0.15, -0.1) is 0 Å². The lowest BCUT2D eigenvalue weighted by Crippen LogP contribution is -2.47. The molecule has 1 aliphatic rings. The Morgan fingerprint density at radius 1 is 0.871 bits per heavy atom. The molecule has 0 aliphatic carbocycles. The number of benzene rings is 3. The fourth-order valence-corrected chi connectivity index (χ4v) is 4.45. The van der Waals surface area contributed by atoms with Crippen molar-refractivity contribution >= 4 is 5.69 Å². The number of aliphatic hydroxyl groups is 1. The van der Waals surface area contributed by atoms with Gasteiger partial charge in [-0.25, -0.2) is 0 Å². The van der Waals surface area contributed by atoms with Crippen LogP contribution < -0.4 is 10.5 Å². The highest BCUT2D eigenvalue weighted by Crippen LogP contribution is 2.29. The van der Waals surface area contributed by atoms with Gasteiger partial charge in [0.25, 0.3) is 0 Å². The molecule has 2 atom stereocenters. The first kappa shape index (κ1) is 21.4. The van der Waals surface area contributed by atoms with Gasteiger partial charge in [0.15, 0.2) is 0 Å². The van der Waals surface area contributed by atoms with Gasteiger partial charge in [-0.05, 0) is 73.7 Å². The fraction of sp³-hybridized carbons (Fsp3) is 0.333.